The average Bonchev–Trinajstić information content (AvgIpc) is 2.56. The Morgan fingerprint density at radius 3 is 2.58 bits per heavy atom. The van der Waals surface area contributed by atoms with Crippen molar-refractivity contribution in [3.63, 3.8) is 0 Å². The van der Waals surface area contributed by atoms with E-state index >= 15 is 0 Å². The molecule has 0 aliphatic carbocycles. The molecule has 0 N–H and O–H groups in total. The first-order valence-electron chi connectivity index (χ1n) is 6.08. The lowest BCUT2D eigenvalue weighted by atomic mass is 10.2. The molecular formula is C14H17Cl2N3. The second kappa shape index (κ2) is 5.95. The largest absolute Gasteiger partial charge is 0.298 e. The molecule has 1 aromatic carbocycles. The SMILES string of the molecule is Cc1nn(C)c(Cl)c1CN(C)Cc1cccc(Cl)c1. The van der Waals surface area contributed by atoms with Gasteiger partial charge in [0, 0.05) is 30.7 Å². The Morgan fingerprint density at radius 2 is 2.00 bits per heavy atom. The maximum Gasteiger partial charge on any atom is 0.131 e. The number of aryl methyl sites for hydroxylation is 2. The first-order valence-corrected chi connectivity index (χ1v) is 6.84. The number of rotatable bonds is 4. The molecule has 1 heterocycles. The molecule has 3 nitrogen and oxygen atoms in total. The first kappa shape index (κ1) is 14.4. The molecule has 0 aliphatic heterocycles. The first-order chi connectivity index (χ1) is 8.97. The average molecular weight is 298 g/mol. The van der Waals surface area contributed by atoms with E-state index in [1.807, 2.05) is 32.2 Å². The lowest BCUT2D eigenvalue weighted by molar-refractivity contribution is 0.318. The quantitative estimate of drug-likeness (QED) is 0.859. The molecule has 0 aliphatic rings. The van der Waals surface area contributed by atoms with Gasteiger partial charge in [-0.05, 0) is 31.7 Å². The molecule has 0 saturated carbocycles. The number of aromatic nitrogens is 2. The zero-order valence-corrected chi connectivity index (χ0v) is 12.8. The summed E-state index contributed by atoms with van der Waals surface area (Å²) in [5.41, 5.74) is 3.24. The van der Waals surface area contributed by atoms with E-state index in [1.54, 1.807) is 4.68 Å². The molecule has 0 saturated heterocycles. The monoisotopic (exact) mass is 297 g/mol. The van der Waals surface area contributed by atoms with Crippen LogP contribution in [-0.4, -0.2) is 21.7 Å². The normalized spacial score (nSPS) is 11.3. The molecule has 102 valence electrons. The number of benzene rings is 1. The highest BCUT2D eigenvalue weighted by Crippen LogP contribution is 2.21. The topological polar surface area (TPSA) is 21.1 Å². The number of nitrogens with zero attached hydrogens (tertiary/aromatic N) is 3. The Kier molecular flexibility index (Phi) is 4.50. The second-order valence-corrected chi connectivity index (χ2v) is 5.58. The highest BCUT2D eigenvalue weighted by Gasteiger charge is 2.13. The van der Waals surface area contributed by atoms with Crippen LogP contribution in [0.2, 0.25) is 10.2 Å². The molecule has 0 fully saturated rings. The summed E-state index contributed by atoms with van der Waals surface area (Å²) in [6, 6.07) is 7.90. The van der Waals surface area contributed by atoms with Crippen molar-refractivity contribution >= 4 is 23.2 Å². The van der Waals surface area contributed by atoms with Gasteiger partial charge in [-0.1, -0.05) is 35.3 Å². The maximum absolute atomic E-state index is 6.24. The minimum absolute atomic E-state index is 0.704. The van der Waals surface area contributed by atoms with Gasteiger partial charge in [0.2, 0.25) is 0 Å². The highest BCUT2D eigenvalue weighted by molar-refractivity contribution is 6.30. The van der Waals surface area contributed by atoms with Crippen LogP contribution in [0.25, 0.3) is 0 Å². The van der Waals surface area contributed by atoms with Crippen molar-refractivity contribution in [1.29, 1.82) is 0 Å². The molecule has 0 spiro atoms. The van der Waals surface area contributed by atoms with Gasteiger partial charge in [-0.15, -0.1) is 0 Å². The van der Waals surface area contributed by atoms with E-state index in [1.165, 1.54) is 5.56 Å². The maximum atomic E-state index is 6.24. The minimum Gasteiger partial charge on any atom is -0.298 e. The summed E-state index contributed by atoms with van der Waals surface area (Å²) in [5, 5.41) is 5.79. The Hall–Kier alpha value is -1.03. The Balaban J connectivity index is 2.07. The van der Waals surface area contributed by atoms with Crippen LogP contribution in [0, 0.1) is 6.92 Å². The van der Waals surface area contributed by atoms with E-state index in [2.05, 4.69) is 23.1 Å². The van der Waals surface area contributed by atoms with Crippen molar-refractivity contribution in [3.8, 4) is 0 Å². The molecule has 5 heteroatoms. The Morgan fingerprint density at radius 1 is 1.26 bits per heavy atom. The third-order valence-corrected chi connectivity index (χ3v) is 3.75. The number of hydrogen-bond acceptors (Lipinski definition) is 2. The van der Waals surface area contributed by atoms with E-state index < -0.39 is 0 Å². The predicted molar refractivity (Wildman–Crippen MR) is 79.6 cm³/mol. The lowest BCUT2D eigenvalue weighted by Gasteiger charge is -2.16. The fourth-order valence-electron chi connectivity index (χ4n) is 2.13. The van der Waals surface area contributed by atoms with Gasteiger partial charge >= 0.3 is 0 Å². The van der Waals surface area contributed by atoms with Crippen LogP contribution in [0.3, 0.4) is 0 Å². The third-order valence-electron chi connectivity index (χ3n) is 3.04. The number of hydrogen-bond donors (Lipinski definition) is 0. The Bertz CT molecular complexity index is 578. The van der Waals surface area contributed by atoms with E-state index in [4.69, 9.17) is 23.2 Å². The van der Waals surface area contributed by atoms with Crippen molar-refractivity contribution < 1.29 is 0 Å². The van der Waals surface area contributed by atoms with Crippen LogP contribution in [0.4, 0.5) is 0 Å². The van der Waals surface area contributed by atoms with Gasteiger partial charge in [0.25, 0.3) is 0 Å². The highest BCUT2D eigenvalue weighted by atomic mass is 35.5. The molecule has 2 rings (SSSR count). The van der Waals surface area contributed by atoms with E-state index in [0.29, 0.717) is 5.15 Å². The van der Waals surface area contributed by atoms with Crippen LogP contribution >= 0.6 is 23.2 Å². The van der Waals surface area contributed by atoms with E-state index in [9.17, 15) is 0 Å². The van der Waals surface area contributed by atoms with Crippen LogP contribution in [0.1, 0.15) is 16.8 Å². The van der Waals surface area contributed by atoms with Crippen molar-refractivity contribution in [2.75, 3.05) is 7.05 Å². The summed E-state index contributed by atoms with van der Waals surface area (Å²) in [6.45, 7) is 3.57. The van der Waals surface area contributed by atoms with Gasteiger partial charge in [-0.25, -0.2) is 0 Å². The van der Waals surface area contributed by atoms with Crippen LogP contribution in [0.5, 0.6) is 0 Å². The molecule has 0 radical (unpaired) electrons. The summed E-state index contributed by atoms with van der Waals surface area (Å²) in [6.07, 6.45) is 0. The van der Waals surface area contributed by atoms with E-state index in [-0.39, 0.29) is 0 Å². The van der Waals surface area contributed by atoms with Crippen molar-refractivity contribution in [3.05, 3.63) is 51.3 Å². The summed E-state index contributed by atoms with van der Waals surface area (Å²) in [7, 11) is 3.92. The smallest absolute Gasteiger partial charge is 0.131 e. The van der Waals surface area contributed by atoms with Crippen molar-refractivity contribution in [1.82, 2.24) is 14.7 Å². The third kappa shape index (κ3) is 3.50. The molecule has 2 aromatic rings. The van der Waals surface area contributed by atoms with Crippen LogP contribution in [-0.2, 0) is 20.1 Å². The molecule has 19 heavy (non-hydrogen) atoms. The van der Waals surface area contributed by atoms with Crippen molar-refractivity contribution in [2.45, 2.75) is 20.0 Å². The fraction of sp³-hybridized carbons (Fsp3) is 0.357. The van der Waals surface area contributed by atoms with Gasteiger partial charge in [0.15, 0.2) is 0 Å². The zero-order valence-electron chi connectivity index (χ0n) is 11.3. The van der Waals surface area contributed by atoms with Crippen LogP contribution < -0.4 is 0 Å². The summed E-state index contributed by atoms with van der Waals surface area (Å²) < 4.78 is 1.71. The lowest BCUT2D eigenvalue weighted by Crippen LogP contribution is -2.17. The minimum atomic E-state index is 0.704. The number of halogens is 2. The van der Waals surface area contributed by atoms with Gasteiger partial charge < -0.3 is 0 Å². The molecular weight excluding hydrogens is 281 g/mol. The second-order valence-electron chi connectivity index (χ2n) is 4.78. The molecule has 1 aromatic heterocycles. The molecule has 0 atom stereocenters. The molecule has 0 amide bonds. The molecule has 0 unspecified atom stereocenters. The van der Waals surface area contributed by atoms with Crippen LogP contribution in [0.15, 0.2) is 24.3 Å². The zero-order chi connectivity index (χ0) is 14.0. The van der Waals surface area contributed by atoms with Gasteiger partial charge in [-0.2, -0.15) is 5.10 Å². The van der Waals surface area contributed by atoms with Crippen molar-refractivity contribution in [2.24, 2.45) is 7.05 Å². The summed E-state index contributed by atoms with van der Waals surface area (Å²) in [4.78, 5) is 2.20. The summed E-state index contributed by atoms with van der Waals surface area (Å²) >= 11 is 12.2. The predicted octanol–water partition coefficient (Wildman–Crippen LogP) is 3.67. The van der Waals surface area contributed by atoms with Gasteiger partial charge in [-0.3, -0.25) is 9.58 Å². The fourth-order valence-corrected chi connectivity index (χ4v) is 2.57. The van der Waals surface area contributed by atoms with Gasteiger partial charge in [0.1, 0.15) is 5.15 Å². The Labute approximate surface area is 123 Å². The standard InChI is InChI=1S/C14H17Cl2N3/c1-10-13(14(16)19(3)17-10)9-18(2)8-11-5-4-6-12(15)7-11/h4-7H,8-9H2,1-3H3. The van der Waals surface area contributed by atoms with E-state index in [0.717, 1.165) is 29.4 Å². The summed E-state index contributed by atoms with van der Waals surface area (Å²) in [5.74, 6) is 0. The van der Waals surface area contributed by atoms with Gasteiger partial charge in [0.05, 0.1) is 5.69 Å². The molecule has 0 bridgehead atoms.